The molecule has 0 aromatic rings. The highest BCUT2D eigenvalue weighted by Gasteiger charge is 2.27. The maximum Gasteiger partial charge on any atom is 0.234 e. The molecule has 1 fully saturated rings. The van der Waals surface area contributed by atoms with Crippen LogP contribution in [0.3, 0.4) is 0 Å². The van der Waals surface area contributed by atoms with Crippen LogP contribution in [0.5, 0.6) is 0 Å². The van der Waals surface area contributed by atoms with Crippen LogP contribution in [-0.2, 0) is 9.53 Å². The molecule has 0 saturated heterocycles. The molecule has 1 saturated carbocycles. The highest BCUT2D eigenvalue weighted by molar-refractivity contribution is 5.79. The SMILES string of the molecule is CC(C)CC(C)OCCC(NC1CC1)C(N)=O. The number of nitrogens with two attached hydrogens (primary N) is 1. The summed E-state index contributed by atoms with van der Waals surface area (Å²) in [5.41, 5.74) is 5.35. The van der Waals surface area contributed by atoms with Crippen LogP contribution in [-0.4, -0.2) is 30.7 Å². The van der Waals surface area contributed by atoms with E-state index in [9.17, 15) is 4.79 Å². The molecule has 2 unspecified atom stereocenters. The van der Waals surface area contributed by atoms with Crippen LogP contribution in [0.25, 0.3) is 0 Å². The Labute approximate surface area is 104 Å². The Morgan fingerprint density at radius 3 is 2.53 bits per heavy atom. The van der Waals surface area contributed by atoms with Crippen molar-refractivity contribution < 1.29 is 9.53 Å². The average molecular weight is 242 g/mol. The number of primary amides is 1. The number of hydrogen-bond donors (Lipinski definition) is 2. The van der Waals surface area contributed by atoms with Crippen molar-refractivity contribution in [3.05, 3.63) is 0 Å². The van der Waals surface area contributed by atoms with Gasteiger partial charge in [0.25, 0.3) is 0 Å². The molecule has 1 rings (SSSR count). The van der Waals surface area contributed by atoms with Gasteiger partial charge in [0.05, 0.1) is 12.1 Å². The van der Waals surface area contributed by atoms with E-state index in [4.69, 9.17) is 10.5 Å². The molecule has 17 heavy (non-hydrogen) atoms. The second-order valence-electron chi connectivity index (χ2n) is 5.50. The fourth-order valence-corrected chi connectivity index (χ4v) is 1.96. The first-order chi connectivity index (χ1) is 7.99. The van der Waals surface area contributed by atoms with Crippen LogP contribution >= 0.6 is 0 Å². The normalized spacial score (nSPS) is 19.3. The van der Waals surface area contributed by atoms with Crippen LogP contribution < -0.4 is 11.1 Å². The molecule has 3 N–H and O–H groups in total. The van der Waals surface area contributed by atoms with Crippen molar-refractivity contribution in [1.82, 2.24) is 5.32 Å². The Morgan fingerprint density at radius 2 is 2.06 bits per heavy atom. The molecule has 100 valence electrons. The monoisotopic (exact) mass is 242 g/mol. The number of rotatable bonds is 9. The topological polar surface area (TPSA) is 64.3 Å². The molecule has 2 atom stereocenters. The summed E-state index contributed by atoms with van der Waals surface area (Å²) < 4.78 is 5.69. The van der Waals surface area contributed by atoms with E-state index < -0.39 is 0 Å². The lowest BCUT2D eigenvalue weighted by Gasteiger charge is -2.18. The van der Waals surface area contributed by atoms with Gasteiger partial charge >= 0.3 is 0 Å². The molecule has 4 nitrogen and oxygen atoms in total. The minimum absolute atomic E-state index is 0.228. The van der Waals surface area contributed by atoms with Crippen molar-refractivity contribution in [1.29, 1.82) is 0 Å². The summed E-state index contributed by atoms with van der Waals surface area (Å²) in [6.45, 7) is 7.04. The van der Waals surface area contributed by atoms with Gasteiger partial charge in [-0.1, -0.05) is 13.8 Å². The van der Waals surface area contributed by atoms with E-state index in [0.717, 1.165) is 19.3 Å². The first-order valence-corrected chi connectivity index (χ1v) is 6.66. The lowest BCUT2D eigenvalue weighted by Crippen LogP contribution is -2.43. The van der Waals surface area contributed by atoms with Gasteiger partial charge in [0.15, 0.2) is 0 Å². The number of nitrogens with one attached hydrogen (secondary N) is 1. The van der Waals surface area contributed by atoms with Crippen molar-refractivity contribution in [2.75, 3.05) is 6.61 Å². The molecule has 0 aliphatic heterocycles. The Morgan fingerprint density at radius 1 is 1.41 bits per heavy atom. The van der Waals surface area contributed by atoms with Gasteiger partial charge in [0.1, 0.15) is 0 Å². The molecule has 0 radical (unpaired) electrons. The molecule has 4 heteroatoms. The summed E-state index contributed by atoms with van der Waals surface area (Å²) >= 11 is 0. The minimum Gasteiger partial charge on any atom is -0.378 e. The number of hydrogen-bond acceptors (Lipinski definition) is 3. The largest absolute Gasteiger partial charge is 0.378 e. The fraction of sp³-hybridized carbons (Fsp3) is 0.923. The van der Waals surface area contributed by atoms with E-state index in [2.05, 4.69) is 26.1 Å². The Balaban J connectivity index is 2.15. The fourth-order valence-electron chi connectivity index (χ4n) is 1.96. The standard InChI is InChI=1S/C13H26N2O2/c1-9(2)8-10(3)17-7-6-12(13(14)16)15-11-4-5-11/h9-12,15H,4-8H2,1-3H3,(H2,14,16). The van der Waals surface area contributed by atoms with Crippen LogP contribution in [0.4, 0.5) is 0 Å². The van der Waals surface area contributed by atoms with Crippen LogP contribution in [0.1, 0.15) is 46.5 Å². The Hall–Kier alpha value is -0.610. The zero-order valence-corrected chi connectivity index (χ0v) is 11.2. The quantitative estimate of drug-likeness (QED) is 0.643. The summed E-state index contributed by atoms with van der Waals surface area (Å²) in [5, 5.41) is 3.25. The van der Waals surface area contributed by atoms with Gasteiger partial charge in [0, 0.05) is 12.6 Å². The van der Waals surface area contributed by atoms with Crippen molar-refractivity contribution in [3.8, 4) is 0 Å². The van der Waals surface area contributed by atoms with Gasteiger partial charge in [-0.05, 0) is 38.5 Å². The molecule has 0 spiro atoms. The number of ether oxygens (including phenoxy) is 1. The molecular weight excluding hydrogens is 216 g/mol. The van der Waals surface area contributed by atoms with Crippen LogP contribution in [0.2, 0.25) is 0 Å². The first kappa shape index (κ1) is 14.5. The maximum absolute atomic E-state index is 11.2. The molecule has 1 aliphatic carbocycles. The summed E-state index contributed by atoms with van der Waals surface area (Å²) in [6, 6.07) is 0.273. The summed E-state index contributed by atoms with van der Waals surface area (Å²) in [5.74, 6) is 0.374. The number of carbonyl (C=O) groups excluding carboxylic acids is 1. The lowest BCUT2D eigenvalue weighted by molar-refractivity contribution is -0.120. The lowest BCUT2D eigenvalue weighted by atomic mass is 10.1. The molecular formula is C13H26N2O2. The molecule has 0 heterocycles. The van der Waals surface area contributed by atoms with E-state index in [1.165, 1.54) is 0 Å². The molecule has 0 aromatic carbocycles. The minimum atomic E-state index is -0.267. The molecule has 0 bridgehead atoms. The van der Waals surface area contributed by atoms with Gasteiger partial charge < -0.3 is 15.8 Å². The predicted octanol–water partition coefficient (Wildman–Crippen LogP) is 1.43. The molecule has 1 aliphatic rings. The summed E-state index contributed by atoms with van der Waals surface area (Å²) in [6.07, 6.45) is 4.30. The Kier molecular flexibility index (Phi) is 5.92. The van der Waals surface area contributed by atoms with Crippen molar-refractivity contribution >= 4 is 5.91 Å². The van der Waals surface area contributed by atoms with Gasteiger partial charge in [0.2, 0.25) is 5.91 Å². The zero-order valence-electron chi connectivity index (χ0n) is 11.2. The second-order valence-corrected chi connectivity index (χ2v) is 5.50. The molecule has 0 aromatic heterocycles. The maximum atomic E-state index is 11.2. The third-order valence-corrected chi connectivity index (χ3v) is 2.97. The number of amides is 1. The molecule has 1 amide bonds. The first-order valence-electron chi connectivity index (χ1n) is 6.66. The Bertz CT molecular complexity index is 240. The van der Waals surface area contributed by atoms with E-state index >= 15 is 0 Å². The zero-order chi connectivity index (χ0) is 12.8. The number of carbonyl (C=O) groups is 1. The van der Waals surface area contributed by atoms with Gasteiger partial charge in [-0.25, -0.2) is 0 Å². The van der Waals surface area contributed by atoms with E-state index in [-0.39, 0.29) is 18.1 Å². The second kappa shape index (κ2) is 6.97. The van der Waals surface area contributed by atoms with Crippen molar-refractivity contribution in [2.45, 2.75) is 64.6 Å². The van der Waals surface area contributed by atoms with Gasteiger partial charge in [-0.2, -0.15) is 0 Å². The van der Waals surface area contributed by atoms with E-state index in [1.54, 1.807) is 0 Å². The van der Waals surface area contributed by atoms with Crippen LogP contribution in [0, 0.1) is 5.92 Å². The highest BCUT2D eigenvalue weighted by Crippen LogP contribution is 2.20. The van der Waals surface area contributed by atoms with Gasteiger partial charge in [-0.3, -0.25) is 4.79 Å². The van der Waals surface area contributed by atoms with Crippen LogP contribution in [0.15, 0.2) is 0 Å². The van der Waals surface area contributed by atoms with Gasteiger partial charge in [-0.15, -0.1) is 0 Å². The third-order valence-electron chi connectivity index (χ3n) is 2.97. The van der Waals surface area contributed by atoms with Crippen molar-refractivity contribution in [3.63, 3.8) is 0 Å². The summed E-state index contributed by atoms with van der Waals surface area (Å²) in [4.78, 5) is 11.2. The summed E-state index contributed by atoms with van der Waals surface area (Å²) in [7, 11) is 0. The van der Waals surface area contributed by atoms with E-state index in [1.807, 2.05) is 0 Å². The highest BCUT2D eigenvalue weighted by atomic mass is 16.5. The van der Waals surface area contributed by atoms with E-state index in [0.29, 0.717) is 25.0 Å². The third kappa shape index (κ3) is 6.64. The predicted molar refractivity (Wildman–Crippen MR) is 68.6 cm³/mol. The average Bonchev–Trinajstić information content (AvgIpc) is 2.98. The smallest absolute Gasteiger partial charge is 0.234 e. The van der Waals surface area contributed by atoms with Crippen molar-refractivity contribution in [2.24, 2.45) is 11.7 Å².